The molecule has 0 unspecified atom stereocenters. The molecule has 12 rings (SSSR count). The highest BCUT2D eigenvalue weighted by molar-refractivity contribution is 7.26. The van der Waals surface area contributed by atoms with Crippen LogP contribution in [0.5, 0.6) is 0 Å². The molecule has 3 nitrogen and oxygen atoms in total. The van der Waals surface area contributed by atoms with E-state index in [1.165, 1.54) is 76.0 Å². The van der Waals surface area contributed by atoms with Gasteiger partial charge in [-0.25, -0.2) is 0 Å². The summed E-state index contributed by atoms with van der Waals surface area (Å²) in [4.78, 5) is 5.10. The predicted octanol–water partition coefficient (Wildman–Crippen LogP) is 13.3. The number of fused-ring (bicyclic) bond motifs is 11. The van der Waals surface area contributed by atoms with E-state index in [0.717, 1.165) is 51.2 Å². The van der Waals surface area contributed by atoms with Crippen LogP contribution < -0.4 is 26.2 Å². The number of thiophene rings is 1. The van der Waals surface area contributed by atoms with Gasteiger partial charge in [0, 0.05) is 48.6 Å². The molecule has 3 aliphatic rings. The summed E-state index contributed by atoms with van der Waals surface area (Å²) in [6.45, 7) is 12.0. The topological polar surface area (TPSA) is 19.6 Å². The Labute approximate surface area is 342 Å². The van der Waals surface area contributed by atoms with Crippen LogP contribution in [0.4, 0.5) is 34.1 Å². The molecule has 2 aromatic heterocycles. The molecule has 0 saturated heterocycles. The largest absolute Gasteiger partial charge is 0.456 e. The van der Waals surface area contributed by atoms with Crippen molar-refractivity contribution in [1.82, 2.24) is 0 Å². The number of rotatable bonds is 2. The van der Waals surface area contributed by atoms with Gasteiger partial charge in [0.2, 0.25) is 0 Å². The average molecular weight is 775 g/mol. The maximum Gasteiger partial charge on any atom is 0.252 e. The van der Waals surface area contributed by atoms with E-state index in [-0.39, 0.29) is 17.5 Å². The summed E-state index contributed by atoms with van der Waals surface area (Å²) in [5.41, 5.74) is 17.1. The highest BCUT2D eigenvalue weighted by atomic mass is 35.5. The summed E-state index contributed by atoms with van der Waals surface area (Å²) in [6.07, 6.45) is 2.30. The number of para-hydroxylation sites is 1. The van der Waals surface area contributed by atoms with E-state index in [2.05, 4.69) is 172 Å². The molecule has 0 amide bonds. The van der Waals surface area contributed by atoms with Crippen LogP contribution in [0, 0.1) is 6.92 Å². The van der Waals surface area contributed by atoms with Crippen molar-refractivity contribution in [2.24, 2.45) is 0 Å². The predicted molar refractivity (Wildman–Crippen MR) is 246 cm³/mol. The second-order valence-corrected chi connectivity index (χ2v) is 19.2. The average Bonchev–Trinajstić information content (AvgIpc) is 3.78. The minimum Gasteiger partial charge on any atom is -0.456 e. The summed E-state index contributed by atoms with van der Waals surface area (Å²) < 4.78 is 9.14. The molecule has 0 atom stereocenters. The molecule has 0 radical (unpaired) electrons. The first-order valence-electron chi connectivity index (χ1n) is 20.1. The summed E-state index contributed by atoms with van der Waals surface area (Å²) in [6, 6.07) is 47.2. The molecule has 0 spiro atoms. The van der Waals surface area contributed by atoms with Gasteiger partial charge in [0.05, 0.1) is 21.5 Å². The van der Waals surface area contributed by atoms with E-state index in [0.29, 0.717) is 0 Å². The number of hydrogen-bond acceptors (Lipinski definition) is 4. The van der Waals surface area contributed by atoms with Gasteiger partial charge < -0.3 is 14.2 Å². The highest BCUT2D eigenvalue weighted by Gasteiger charge is 2.47. The summed E-state index contributed by atoms with van der Waals surface area (Å²) in [7, 11) is 0. The van der Waals surface area contributed by atoms with Gasteiger partial charge in [-0.1, -0.05) is 106 Å². The maximum atomic E-state index is 7.02. The third-order valence-corrected chi connectivity index (χ3v) is 14.8. The Balaban J connectivity index is 1.23. The molecule has 2 aliphatic heterocycles. The third-order valence-electron chi connectivity index (χ3n) is 13.4. The molecular weight excluding hydrogens is 735 g/mol. The summed E-state index contributed by atoms with van der Waals surface area (Å²) >= 11 is 8.90. The standard InChI is InChI=1S/C51H40BClN2OS/c1-29-24-42-48-43(25-29)55(39-16-10-14-32-31-12-7-9-19-46(31)57-49(32)39)40-26-30(53)20-21-36(40)52(48)37-27-34-35(51(4,5)23-22-50(34,2)3)28-41(37)54(42)38-15-11-18-45-47(38)33-13-6-8-17-44(33)56-45/h6-21,24-28H,22-23H2,1-5H3. The molecule has 0 fully saturated rings. The maximum absolute atomic E-state index is 7.02. The molecule has 0 N–H and O–H groups in total. The van der Waals surface area contributed by atoms with E-state index in [4.69, 9.17) is 16.0 Å². The van der Waals surface area contributed by atoms with Crippen molar-refractivity contribution in [1.29, 1.82) is 0 Å². The first-order valence-corrected chi connectivity index (χ1v) is 21.3. The second kappa shape index (κ2) is 11.6. The molecule has 57 heavy (non-hydrogen) atoms. The highest BCUT2D eigenvalue weighted by Crippen LogP contribution is 2.53. The van der Waals surface area contributed by atoms with Crippen molar-refractivity contribution < 1.29 is 4.42 Å². The Morgan fingerprint density at radius 2 is 1.21 bits per heavy atom. The van der Waals surface area contributed by atoms with Crippen molar-refractivity contribution in [3.8, 4) is 0 Å². The second-order valence-electron chi connectivity index (χ2n) is 17.7. The van der Waals surface area contributed by atoms with Crippen molar-refractivity contribution in [3.63, 3.8) is 0 Å². The number of aryl methyl sites for hydroxylation is 1. The van der Waals surface area contributed by atoms with Gasteiger partial charge in [-0.15, -0.1) is 11.3 Å². The van der Waals surface area contributed by atoms with Crippen LogP contribution in [0.25, 0.3) is 42.1 Å². The van der Waals surface area contributed by atoms with Crippen molar-refractivity contribution in [2.45, 2.75) is 58.3 Å². The van der Waals surface area contributed by atoms with Gasteiger partial charge in [0.25, 0.3) is 6.71 Å². The quantitative estimate of drug-likeness (QED) is 0.163. The lowest BCUT2D eigenvalue weighted by molar-refractivity contribution is 0.332. The molecule has 1 aliphatic carbocycles. The monoisotopic (exact) mass is 774 g/mol. The zero-order valence-corrected chi connectivity index (χ0v) is 34.3. The Bertz CT molecular complexity index is 3210. The zero-order chi connectivity index (χ0) is 38.5. The van der Waals surface area contributed by atoms with E-state index in [1.807, 2.05) is 11.3 Å². The van der Waals surface area contributed by atoms with Crippen LogP contribution >= 0.6 is 22.9 Å². The molecule has 9 aromatic rings. The van der Waals surface area contributed by atoms with Gasteiger partial charge >= 0.3 is 0 Å². The van der Waals surface area contributed by atoms with Crippen LogP contribution in [0.1, 0.15) is 57.2 Å². The molecule has 7 aromatic carbocycles. The Morgan fingerprint density at radius 3 is 2.02 bits per heavy atom. The zero-order valence-electron chi connectivity index (χ0n) is 32.7. The fourth-order valence-electron chi connectivity index (χ4n) is 10.5. The lowest BCUT2D eigenvalue weighted by Crippen LogP contribution is -2.61. The summed E-state index contributed by atoms with van der Waals surface area (Å²) in [5.74, 6) is 0. The van der Waals surface area contributed by atoms with Crippen LogP contribution in [0.2, 0.25) is 5.02 Å². The minimum atomic E-state index is -0.00147. The minimum absolute atomic E-state index is 0.00147. The van der Waals surface area contributed by atoms with E-state index in [9.17, 15) is 0 Å². The molecule has 276 valence electrons. The number of furan rings is 1. The van der Waals surface area contributed by atoms with Crippen LogP contribution in [-0.4, -0.2) is 6.71 Å². The van der Waals surface area contributed by atoms with E-state index < -0.39 is 0 Å². The van der Waals surface area contributed by atoms with Crippen LogP contribution in [0.3, 0.4) is 0 Å². The lowest BCUT2D eigenvalue weighted by Gasteiger charge is -2.47. The van der Waals surface area contributed by atoms with Crippen molar-refractivity contribution in [3.05, 3.63) is 149 Å². The Kier molecular flexibility index (Phi) is 6.82. The molecule has 0 bridgehead atoms. The third kappa shape index (κ3) is 4.61. The number of nitrogens with zero attached hydrogens (tertiary/aromatic N) is 2. The van der Waals surface area contributed by atoms with E-state index in [1.54, 1.807) is 0 Å². The van der Waals surface area contributed by atoms with E-state index >= 15 is 0 Å². The van der Waals surface area contributed by atoms with Gasteiger partial charge in [-0.2, -0.15) is 0 Å². The van der Waals surface area contributed by atoms with Gasteiger partial charge in [0.1, 0.15) is 11.2 Å². The normalized spacial score (nSPS) is 16.3. The first-order chi connectivity index (χ1) is 27.6. The first kappa shape index (κ1) is 33.6. The number of anilines is 6. The smallest absolute Gasteiger partial charge is 0.252 e. The van der Waals surface area contributed by atoms with Crippen LogP contribution in [0.15, 0.2) is 132 Å². The van der Waals surface area contributed by atoms with Crippen LogP contribution in [-0.2, 0) is 10.8 Å². The van der Waals surface area contributed by atoms with Crippen molar-refractivity contribution >= 4 is 122 Å². The van der Waals surface area contributed by atoms with Gasteiger partial charge in [-0.3, -0.25) is 0 Å². The molecular formula is C51H40BClN2OS. The number of hydrogen-bond donors (Lipinski definition) is 0. The Hall–Kier alpha value is -5.49. The SMILES string of the molecule is Cc1cc2c3c(c1)N(c1cccc4oc5ccccc5c14)c1cc4c(cc1B3c1ccc(Cl)cc1N2c1cccc2c1sc1ccccc12)C(C)(C)CCC4(C)C. The number of halogens is 1. The van der Waals surface area contributed by atoms with Crippen molar-refractivity contribution in [2.75, 3.05) is 9.80 Å². The Morgan fingerprint density at radius 1 is 0.579 bits per heavy atom. The van der Waals surface area contributed by atoms with Gasteiger partial charge in [-0.05, 0) is 124 Å². The fourth-order valence-corrected chi connectivity index (χ4v) is 11.9. The van der Waals surface area contributed by atoms with Gasteiger partial charge in [0.15, 0.2) is 0 Å². The summed E-state index contributed by atoms with van der Waals surface area (Å²) in [5, 5.41) is 5.58. The molecule has 4 heterocycles. The molecule has 0 saturated carbocycles. The fraction of sp³-hybridized carbons (Fsp3) is 0.176. The number of benzene rings is 7. The molecule has 6 heteroatoms. The lowest BCUT2D eigenvalue weighted by atomic mass is 9.33.